The summed E-state index contributed by atoms with van der Waals surface area (Å²) in [4.78, 5) is 0. The van der Waals surface area contributed by atoms with E-state index in [0.717, 1.165) is 12.8 Å². The maximum Gasteiger partial charge on any atom is 0.0649 e. The molecule has 0 amide bonds. The second kappa shape index (κ2) is 16.5. The predicted octanol–water partition coefficient (Wildman–Crippen LogP) is 0.213. The molecule has 0 saturated carbocycles. The predicted molar refractivity (Wildman–Crippen MR) is 114 cm³/mol. The largest absolute Gasteiger partial charge is 0.396 e. The van der Waals surface area contributed by atoms with E-state index in [2.05, 4.69) is 0 Å². The van der Waals surface area contributed by atoms with Crippen LogP contribution in [0.4, 0.5) is 0 Å². The minimum atomic E-state index is -0.891. The Balaban J connectivity index is 4.28. The molecule has 0 spiro atoms. The topological polar surface area (TPSA) is 163 Å². The van der Waals surface area contributed by atoms with Gasteiger partial charge in [-0.3, -0.25) is 0 Å². The van der Waals surface area contributed by atoms with Gasteiger partial charge < -0.3 is 42.6 Å². The van der Waals surface area contributed by atoms with Gasteiger partial charge in [0.25, 0.3) is 0 Å². The van der Waals surface area contributed by atoms with Gasteiger partial charge in [0.1, 0.15) is 0 Å². The molecule has 4 atom stereocenters. The minimum absolute atomic E-state index is 0.0317. The van der Waals surface area contributed by atoms with Crippen LogP contribution >= 0.6 is 0 Å². The second-order valence-electron chi connectivity index (χ2n) is 8.06. The molecule has 0 aromatic heterocycles. The van der Waals surface area contributed by atoms with Gasteiger partial charge in [-0.1, -0.05) is 13.8 Å². The molecule has 10 N–H and O–H groups in total. The Hall–Kier alpha value is -0.320. The normalized spacial score (nSPS) is 18.4. The first-order chi connectivity index (χ1) is 13.3. The van der Waals surface area contributed by atoms with Gasteiger partial charge in [-0.05, 0) is 51.4 Å². The molecule has 0 rings (SSSR count). The summed E-state index contributed by atoms with van der Waals surface area (Å²) in [5, 5.41) is 20.1. The molecule has 0 aliphatic carbocycles. The van der Waals surface area contributed by atoms with E-state index in [-0.39, 0.29) is 30.8 Å². The molecule has 0 aliphatic rings. The molecule has 0 bridgehead atoms. The Labute approximate surface area is 171 Å². The Morgan fingerprint density at radius 3 is 1.46 bits per heavy atom. The summed E-state index contributed by atoms with van der Waals surface area (Å²) in [5.41, 5.74) is 23.0. The summed E-state index contributed by atoms with van der Waals surface area (Å²) >= 11 is 0. The van der Waals surface area contributed by atoms with E-state index in [1.54, 1.807) is 0 Å². The highest BCUT2D eigenvalue weighted by Crippen LogP contribution is 2.26. The molecule has 28 heavy (non-hydrogen) atoms. The summed E-state index contributed by atoms with van der Waals surface area (Å²) in [6.07, 6.45) is 5.17. The van der Waals surface area contributed by atoms with Gasteiger partial charge in [0.2, 0.25) is 0 Å². The number of aliphatic hydroxyl groups excluding tert-OH is 1. The fourth-order valence-corrected chi connectivity index (χ4v) is 2.84. The van der Waals surface area contributed by atoms with Crippen molar-refractivity contribution in [2.75, 3.05) is 33.0 Å². The van der Waals surface area contributed by atoms with Gasteiger partial charge in [-0.15, -0.1) is 0 Å². The highest BCUT2D eigenvalue weighted by Gasteiger charge is 2.27. The van der Waals surface area contributed by atoms with E-state index in [1.165, 1.54) is 0 Å². The van der Waals surface area contributed by atoms with Crippen LogP contribution in [-0.4, -0.2) is 73.0 Å². The maximum absolute atomic E-state index is 11.0. The fraction of sp³-hybridized carbons (Fsp3) is 1.00. The zero-order chi connectivity index (χ0) is 21.4. The Morgan fingerprint density at radius 2 is 1.11 bits per heavy atom. The van der Waals surface area contributed by atoms with Crippen LogP contribution in [0.25, 0.3) is 0 Å². The van der Waals surface area contributed by atoms with E-state index in [4.69, 9.17) is 37.5 Å². The number of aliphatic hydroxyl groups is 2. The zero-order valence-electron chi connectivity index (χ0n) is 18.0. The van der Waals surface area contributed by atoms with E-state index in [0.29, 0.717) is 65.0 Å². The van der Waals surface area contributed by atoms with E-state index in [9.17, 15) is 5.11 Å². The van der Waals surface area contributed by atoms with Crippen molar-refractivity contribution in [3.63, 3.8) is 0 Å². The average Bonchev–Trinajstić information content (AvgIpc) is 2.69. The number of hydrogen-bond donors (Lipinski definition) is 6. The first-order valence-corrected chi connectivity index (χ1v) is 10.8. The fourth-order valence-electron chi connectivity index (χ4n) is 2.84. The van der Waals surface area contributed by atoms with Crippen molar-refractivity contribution in [3.8, 4) is 0 Å². The lowest BCUT2D eigenvalue weighted by Crippen LogP contribution is -2.37. The molecule has 0 heterocycles. The minimum Gasteiger partial charge on any atom is -0.396 e. The number of rotatable bonds is 19. The molecular weight excluding hydrogens is 360 g/mol. The van der Waals surface area contributed by atoms with E-state index < -0.39 is 5.60 Å². The standard InChI is InChI=1S/C20H46N4O4/c1-3-16(21)12-27-14-18(23)6-9-20(26,8-5-11-25)10-7-19(24)15-28-13-17(22)4-2/h16-19,25-26H,3-15,21-24H2,1-2H3. The third-order valence-electron chi connectivity index (χ3n) is 5.14. The maximum atomic E-state index is 11.0. The van der Waals surface area contributed by atoms with Gasteiger partial charge >= 0.3 is 0 Å². The SMILES string of the molecule is CCC(N)COCC(N)CCC(O)(CCCO)CCC(N)COCC(N)CC. The Morgan fingerprint density at radius 1 is 0.714 bits per heavy atom. The second-order valence-corrected chi connectivity index (χ2v) is 8.06. The van der Waals surface area contributed by atoms with Crippen LogP contribution in [0.2, 0.25) is 0 Å². The summed E-state index contributed by atoms with van der Waals surface area (Å²) < 4.78 is 11.1. The van der Waals surface area contributed by atoms with Crippen LogP contribution in [-0.2, 0) is 9.47 Å². The summed E-state index contributed by atoms with van der Waals surface area (Å²) in [6.45, 7) is 5.93. The number of ether oxygens (including phenoxy) is 2. The van der Waals surface area contributed by atoms with E-state index >= 15 is 0 Å². The van der Waals surface area contributed by atoms with Crippen LogP contribution in [0.5, 0.6) is 0 Å². The monoisotopic (exact) mass is 406 g/mol. The van der Waals surface area contributed by atoms with Gasteiger partial charge in [0, 0.05) is 30.8 Å². The summed E-state index contributed by atoms with van der Waals surface area (Å²) in [5.74, 6) is 0. The molecule has 0 saturated heterocycles. The van der Waals surface area contributed by atoms with Crippen LogP contribution in [0.15, 0.2) is 0 Å². The van der Waals surface area contributed by atoms with Crippen LogP contribution < -0.4 is 22.9 Å². The summed E-state index contributed by atoms with van der Waals surface area (Å²) in [6, 6.07) is -0.247. The van der Waals surface area contributed by atoms with Crippen molar-refractivity contribution in [3.05, 3.63) is 0 Å². The van der Waals surface area contributed by atoms with Crippen molar-refractivity contribution < 1.29 is 19.7 Å². The van der Waals surface area contributed by atoms with Crippen molar-refractivity contribution in [1.29, 1.82) is 0 Å². The third-order valence-corrected chi connectivity index (χ3v) is 5.14. The zero-order valence-corrected chi connectivity index (χ0v) is 18.0. The number of hydrogen-bond acceptors (Lipinski definition) is 8. The number of nitrogens with two attached hydrogens (primary N) is 4. The lowest BCUT2D eigenvalue weighted by atomic mass is 9.85. The van der Waals surface area contributed by atoms with Gasteiger partial charge in [0.05, 0.1) is 32.0 Å². The van der Waals surface area contributed by atoms with Crippen LogP contribution in [0.1, 0.15) is 65.2 Å². The molecular formula is C20H46N4O4. The van der Waals surface area contributed by atoms with Crippen molar-refractivity contribution in [2.24, 2.45) is 22.9 Å². The van der Waals surface area contributed by atoms with Crippen molar-refractivity contribution >= 4 is 0 Å². The average molecular weight is 407 g/mol. The van der Waals surface area contributed by atoms with E-state index in [1.807, 2.05) is 13.8 Å². The molecule has 8 heteroatoms. The quantitative estimate of drug-likeness (QED) is 0.177. The molecule has 170 valence electrons. The first-order valence-electron chi connectivity index (χ1n) is 10.8. The highest BCUT2D eigenvalue weighted by atomic mass is 16.5. The first kappa shape index (κ1) is 27.7. The van der Waals surface area contributed by atoms with Gasteiger partial charge in [0.15, 0.2) is 0 Å². The molecule has 4 unspecified atom stereocenters. The summed E-state index contributed by atoms with van der Waals surface area (Å²) in [7, 11) is 0. The highest BCUT2D eigenvalue weighted by molar-refractivity contribution is 4.82. The van der Waals surface area contributed by atoms with Crippen molar-refractivity contribution in [2.45, 2.75) is 95.0 Å². The van der Waals surface area contributed by atoms with Gasteiger partial charge in [-0.2, -0.15) is 0 Å². The molecule has 8 nitrogen and oxygen atoms in total. The van der Waals surface area contributed by atoms with Gasteiger partial charge in [-0.25, -0.2) is 0 Å². The smallest absolute Gasteiger partial charge is 0.0649 e. The van der Waals surface area contributed by atoms with Crippen molar-refractivity contribution in [1.82, 2.24) is 0 Å². The third kappa shape index (κ3) is 14.6. The van der Waals surface area contributed by atoms with Crippen LogP contribution in [0, 0.1) is 0 Å². The molecule has 0 aromatic rings. The molecule has 0 aliphatic heterocycles. The Kier molecular flexibility index (Phi) is 16.3. The molecule has 0 fully saturated rings. The molecule has 0 aromatic carbocycles. The molecule has 0 radical (unpaired) electrons. The lowest BCUT2D eigenvalue weighted by molar-refractivity contribution is -0.00356. The van der Waals surface area contributed by atoms with Crippen LogP contribution in [0.3, 0.4) is 0 Å². The Bertz CT molecular complexity index is 337. The lowest BCUT2D eigenvalue weighted by Gasteiger charge is -2.30.